The number of alkyl halides is 2. The van der Waals surface area contributed by atoms with Crippen LogP contribution in [0.15, 0.2) is 18.2 Å². The molecule has 1 aromatic rings. The number of rotatable bonds is 3. The van der Waals surface area contributed by atoms with E-state index >= 15 is 0 Å². The van der Waals surface area contributed by atoms with E-state index in [-0.39, 0.29) is 11.6 Å². The van der Waals surface area contributed by atoms with Gasteiger partial charge in [-0.15, -0.1) is 0 Å². The van der Waals surface area contributed by atoms with E-state index in [1.165, 1.54) is 11.8 Å². The van der Waals surface area contributed by atoms with Gasteiger partial charge in [-0.25, -0.2) is 8.78 Å². The van der Waals surface area contributed by atoms with Crippen molar-refractivity contribution in [3.05, 3.63) is 23.8 Å². The fraction of sp³-hybridized carbons (Fsp3) is 0.500. The summed E-state index contributed by atoms with van der Waals surface area (Å²) in [6.07, 6.45) is -0.307. The van der Waals surface area contributed by atoms with Crippen LogP contribution in [0.2, 0.25) is 0 Å². The molecule has 0 aliphatic carbocycles. The molecule has 1 aliphatic heterocycles. The monoisotopic (exact) mass is 258 g/mol. The zero-order valence-electron chi connectivity index (χ0n) is 9.46. The maximum absolute atomic E-state index is 12.9. The molecule has 5 heteroatoms. The van der Waals surface area contributed by atoms with Crippen LogP contribution in [0, 0.1) is 0 Å². The minimum atomic E-state index is -2.49. The Labute approximate surface area is 104 Å². The van der Waals surface area contributed by atoms with E-state index in [0.29, 0.717) is 11.4 Å². The summed E-state index contributed by atoms with van der Waals surface area (Å²) < 4.78 is 25.7. The molecule has 17 heavy (non-hydrogen) atoms. The molecule has 2 rings (SSSR count). The van der Waals surface area contributed by atoms with Crippen LogP contribution in [0.25, 0.3) is 0 Å². The molecule has 1 aromatic carbocycles. The quantitative estimate of drug-likeness (QED) is 0.815. The third-order valence-corrected chi connectivity index (χ3v) is 4.05. The first-order valence-electron chi connectivity index (χ1n) is 5.68. The van der Waals surface area contributed by atoms with Crippen LogP contribution in [-0.4, -0.2) is 17.5 Å². The van der Waals surface area contributed by atoms with Crippen LogP contribution in [-0.2, 0) is 0 Å². The summed E-state index contributed by atoms with van der Waals surface area (Å²) in [6, 6.07) is 4.94. The number of halogens is 2. The van der Waals surface area contributed by atoms with E-state index < -0.39 is 6.43 Å². The van der Waals surface area contributed by atoms with Gasteiger partial charge in [0.2, 0.25) is 0 Å². The van der Waals surface area contributed by atoms with Crippen molar-refractivity contribution in [3.63, 3.8) is 0 Å². The Kier molecular flexibility index (Phi) is 4.10. The molecular formula is C12H16F2N2S. The lowest BCUT2D eigenvalue weighted by Crippen LogP contribution is -2.26. The third-order valence-electron chi connectivity index (χ3n) is 2.83. The smallest absolute Gasteiger partial charge is 0.265 e. The standard InChI is InChI=1S/C12H16F2N2S/c13-12(14)10-6-8(15)3-4-11(10)16-9-2-1-5-17-7-9/h3-4,6,9,12,16H,1-2,5,7,15H2. The Morgan fingerprint density at radius 2 is 2.24 bits per heavy atom. The fourth-order valence-corrected chi connectivity index (χ4v) is 3.04. The predicted molar refractivity (Wildman–Crippen MR) is 69.8 cm³/mol. The first-order chi connectivity index (χ1) is 8.16. The first-order valence-corrected chi connectivity index (χ1v) is 6.84. The van der Waals surface area contributed by atoms with Crippen LogP contribution in [0.1, 0.15) is 24.8 Å². The predicted octanol–water partition coefficient (Wildman–Crippen LogP) is 3.51. The van der Waals surface area contributed by atoms with Crippen molar-refractivity contribution in [2.45, 2.75) is 25.3 Å². The number of nitrogens with two attached hydrogens (primary N) is 1. The normalized spacial score (nSPS) is 20.5. The second kappa shape index (κ2) is 5.58. The van der Waals surface area contributed by atoms with Crippen LogP contribution < -0.4 is 11.1 Å². The van der Waals surface area contributed by atoms with Crippen molar-refractivity contribution in [1.29, 1.82) is 0 Å². The zero-order valence-corrected chi connectivity index (χ0v) is 10.3. The number of nitrogens with one attached hydrogen (secondary N) is 1. The van der Waals surface area contributed by atoms with Crippen LogP contribution in [0.4, 0.5) is 20.2 Å². The van der Waals surface area contributed by atoms with Crippen molar-refractivity contribution < 1.29 is 8.78 Å². The van der Waals surface area contributed by atoms with Gasteiger partial charge < -0.3 is 11.1 Å². The van der Waals surface area contributed by atoms with Gasteiger partial charge in [-0.05, 0) is 36.8 Å². The van der Waals surface area contributed by atoms with Gasteiger partial charge in [0.1, 0.15) is 0 Å². The number of thioether (sulfide) groups is 1. The SMILES string of the molecule is Nc1ccc(NC2CCCSC2)c(C(F)F)c1. The molecule has 0 aromatic heterocycles. The molecule has 94 valence electrons. The molecule has 1 fully saturated rings. The number of nitrogen functional groups attached to an aromatic ring is 1. The van der Waals surface area contributed by atoms with E-state index in [1.54, 1.807) is 12.1 Å². The molecule has 0 amide bonds. The summed E-state index contributed by atoms with van der Waals surface area (Å²) in [6.45, 7) is 0. The molecule has 1 unspecified atom stereocenters. The Morgan fingerprint density at radius 1 is 1.41 bits per heavy atom. The second-order valence-electron chi connectivity index (χ2n) is 4.21. The molecule has 1 heterocycles. The van der Waals surface area contributed by atoms with Gasteiger partial charge in [-0.2, -0.15) is 11.8 Å². The largest absolute Gasteiger partial charge is 0.399 e. The Morgan fingerprint density at radius 3 is 2.88 bits per heavy atom. The summed E-state index contributed by atoms with van der Waals surface area (Å²) in [5.74, 6) is 2.15. The van der Waals surface area contributed by atoms with E-state index in [9.17, 15) is 8.78 Å². The van der Waals surface area contributed by atoms with Gasteiger partial charge in [0, 0.05) is 28.7 Å². The number of anilines is 2. The zero-order chi connectivity index (χ0) is 12.3. The Balaban J connectivity index is 2.13. The average Bonchev–Trinajstić information content (AvgIpc) is 2.32. The summed E-state index contributed by atoms with van der Waals surface area (Å²) in [5, 5.41) is 3.20. The summed E-state index contributed by atoms with van der Waals surface area (Å²) >= 11 is 1.86. The summed E-state index contributed by atoms with van der Waals surface area (Å²) in [5.41, 5.74) is 6.43. The van der Waals surface area contributed by atoms with Crippen molar-refractivity contribution in [3.8, 4) is 0 Å². The van der Waals surface area contributed by atoms with Crippen molar-refractivity contribution in [2.75, 3.05) is 22.6 Å². The average molecular weight is 258 g/mol. The second-order valence-corrected chi connectivity index (χ2v) is 5.36. The fourth-order valence-electron chi connectivity index (χ4n) is 1.97. The molecular weight excluding hydrogens is 242 g/mol. The van der Waals surface area contributed by atoms with Crippen LogP contribution in [0.5, 0.6) is 0 Å². The molecule has 1 saturated heterocycles. The maximum Gasteiger partial charge on any atom is 0.265 e. The van der Waals surface area contributed by atoms with Crippen LogP contribution >= 0.6 is 11.8 Å². The van der Waals surface area contributed by atoms with Gasteiger partial charge >= 0.3 is 0 Å². The number of benzene rings is 1. The lowest BCUT2D eigenvalue weighted by molar-refractivity contribution is 0.152. The Hall–Kier alpha value is -0.970. The Bertz CT molecular complexity index is 379. The molecule has 3 N–H and O–H groups in total. The summed E-state index contributed by atoms with van der Waals surface area (Å²) in [4.78, 5) is 0. The lowest BCUT2D eigenvalue weighted by atomic mass is 10.1. The first kappa shape index (κ1) is 12.5. The van der Waals surface area contributed by atoms with Crippen LogP contribution in [0.3, 0.4) is 0 Å². The molecule has 1 aliphatic rings. The topological polar surface area (TPSA) is 38.0 Å². The summed E-state index contributed by atoms with van der Waals surface area (Å²) in [7, 11) is 0. The molecule has 0 radical (unpaired) electrons. The highest BCUT2D eigenvalue weighted by Gasteiger charge is 2.18. The minimum Gasteiger partial charge on any atom is -0.399 e. The molecule has 0 bridgehead atoms. The van der Waals surface area contributed by atoms with Gasteiger partial charge in [0.25, 0.3) is 6.43 Å². The van der Waals surface area contributed by atoms with Crippen molar-refractivity contribution in [2.24, 2.45) is 0 Å². The molecule has 1 atom stereocenters. The van der Waals surface area contributed by atoms with Gasteiger partial charge in [-0.1, -0.05) is 0 Å². The highest BCUT2D eigenvalue weighted by molar-refractivity contribution is 7.99. The van der Waals surface area contributed by atoms with E-state index in [2.05, 4.69) is 5.32 Å². The highest BCUT2D eigenvalue weighted by Crippen LogP contribution is 2.31. The van der Waals surface area contributed by atoms with E-state index in [0.717, 1.165) is 18.6 Å². The molecule has 2 nitrogen and oxygen atoms in total. The van der Waals surface area contributed by atoms with Gasteiger partial charge in [-0.3, -0.25) is 0 Å². The van der Waals surface area contributed by atoms with E-state index in [4.69, 9.17) is 5.73 Å². The molecule has 0 spiro atoms. The lowest BCUT2D eigenvalue weighted by Gasteiger charge is -2.25. The number of hydrogen-bond acceptors (Lipinski definition) is 3. The van der Waals surface area contributed by atoms with Gasteiger partial charge in [0.15, 0.2) is 0 Å². The maximum atomic E-state index is 12.9. The highest BCUT2D eigenvalue weighted by atomic mass is 32.2. The molecule has 0 saturated carbocycles. The van der Waals surface area contributed by atoms with E-state index in [1.807, 2.05) is 11.8 Å². The number of hydrogen-bond donors (Lipinski definition) is 2. The van der Waals surface area contributed by atoms with Crippen molar-refractivity contribution in [1.82, 2.24) is 0 Å². The minimum absolute atomic E-state index is 0.000531. The third kappa shape index (κ3) is 3.25. The van der Waals surface area contributed by atoms with Gasteiger partial charge in [0.05, 0.1) is 0 Å². The van der Waals surface area contributed by atoms with Crippen molar-refractivity contribution >= 4 is 23.1 Å².